The summed E-state index contributed by atoms with van der Waals surface area (Å²) in [7, 11) is 3.19. The Morgan fingerprint density at radius 3 is 2.00 bits per heavy atom. The van der Waals surface area contributed by atoms with E-state index < -0.39 is 17.5 Å². The number of amides is 1. The van der Waals surface area contributed by atoms with Gasteiger partial charge >= 0.3 is 11.9 Å². The Morgan fingerprint density at radius 2 is 1.53 bits per heavy atom. The number of methoxy groups -OCH3 is 2. The fraction of sp³-hybridized carbons (Fsp3) is 0.261. The lowest BCUT2D eigenvalue weighted by Gasteiger charge is -2.32. The second-order valence-electron chi connectivity index (χ2n) is 6.83. The van der Waals surface area contributed by atoms with Gasteiger partial charge in [0.25, 0.3) is 0 Å². The summed E-state index contributed by atoms with van der Waals surface area (Å²) >= 11 is 0. The van der Waals surface area contributed by atoms with E-state index in [1.807, 2.05) is 55.5 Å². The highest BCUT2D eigenvalue weighted by molar-refractivity contribution is 5.89. The van der Waals surface area contributed by atoms with Crippen molar-refractivity contribution < 1.29 is 34.1 Å². The van der Waals surface area contributed by atoms with E-state index >= 15 is 0 Å². The molecule has 0 aliphatic carbocycles. The predicted molar refractivity (Wildman–Crippen MR) is 119 cm³/mol. The molecule has 5 N–H and O–H groups in total. The second kappa shape index (κ2) is 12.8. The summed E-state index contributed by atoms with van der Waals surface area (Å²) in [5.74, 6) is -1.45. The van der Waals surface area contributed by atoms with Crippen LogP contribution < -0.4 is 20.5 Å². The SMILES string of the molecule is COc1ccc(C(C)(Cc2ccccc2)NC(=O)CN)cc1OC.O=C(O)/C=C\C(=O)O. The highest BCUT2D eigenvalue weighted by Crippen LogP contribution is 2.34. The zero-order valence-corrected chi connectivity index (χ0v) is 18.2. The van der Waals surface area contributed by atoms with E-state index in [9.17, 15) is 14.4 Å². The molecule has 0 bridgehead atoms. The minimum Gasteiger partial charge on any atom is -0.493 e. The Kier molecular flexibility index (Phi) is 10.4. The summed E-state index contributed by atoms with van der Waals surface area (Å²) in [5, 5.41) is 18.7. The number of carboxylic acid groups (broad SMARTS) is 2. The molecule has 1 amide bonds. The molecule has 0 saturated carbocycles. The Balaban J connectivity index is 0.000000547. The van der Waals surface area contributed by atoms with Crippen molar-refractivity contribution in [3.63, 3.8) is 0 Å². The predicted octanol–water partition coefficient (Wildman–Crippen LogP) is 1.95. The van der Waals surface area contributed by atoms with Gasteiger partial charge in [0.05, 0.1) is 26.3 Å². The average molecular weight is 444 g/mol. The lowest BCUT2D eigenvalue weighted by atomic mass is 9.85. The van der Waals surface area contributed by atoms with Crippen LogP contribution in [0.1, 0.15) is 18.1 Å². The van der Waals surface area contributed by atoms with Crippen LogP contribution in [0.5, 0.6) is 11.5 Å². The summed E-state index contributed by atoms with van der Waals surface area (Å²) in [6.07, 6.45) is 1.75. The summed E-state index contributed by atoms with van der Waals surface area (Å²) < 4.78 is 10.7. The maximum absolute atomic E-state index is 12.0. The van der Waals surface area contributed by atoms with E-state index in [1.165, 1.54) is 0 Å². The first-order valence-electron chi connectivity index (χ1n) is 9.56. The second-order valence-corrected chi connectivity index (χ2v) is 6.83. The van der Waals surface area contributed by atoms with Crippen molar-refractivity contribution >= 4 is 17.8 Å². The lowest BCUT2D eigenvalue weighted by Crippen LogP contribution is -2.47. The van der Waals surface area contributed by atoms with Gasteiger partial charge in [-0.05, 0) is 36.6 Å². The fourth-order valence-electron chi connectivity index (χ4n) is 2.90. The van der Waals surface area contributed by atoms with Crippen LogP contribution in [0.2, 0.25) is 0 Å². The number of nitrogens with one attached hydrogen (secondary N) is 1. The van der Waals surface area contributed by atoms with Crippen LogP contribution in [0, 0.1) is 0 Å². The van der Waals surface area contributed by atoms with Crippen molar-refractivity contribution in [1.82, 2.24) is 5.32 Å². The summed E-state index contributed by atoms with van der Waals surface area (Å²) in [6, 6.07) is 15.7. The number of benzene rings is 2. The molecule has 0 aromatic heterocycles. The van der Waals surface area contributed by atoms with Crippen LogP contribution in [0.15, 0.2) is 60.7 Å². The first-order chi connectivity index (χ1) is 15.1. The van der Waals surface area contributed by atoms with E-state index in [0.717, 1.165) is 11.1 Å². The maximum Gasteiger partial charge on any atom is 0.328 e. The third kappa shape index (κ3) is 8.49. The van der Waals surface area contributed by atoms with Crippen molar-refractivity contribution in [3.8, 4) is 11.5 Å². The first-order valence-corrected chi connectivity index (χ1v) is 9.56. The monoisotopic (exact) mass is 444 g/mol. The Bertz CT molecular complexity index is 929. The molecule has 2 rings (SSSR count). The third-order valence-electron chi connectivity index (χ3n) is 4.39. The van der Waals surface area contributed by atoms with Crippen LogP contribution in [-0.4, -0.2) is 48.8 Å². The van der Waals surface area contributed by atoms with E-state index in [-0.39, 0.29) is 12.5 Å². The first kappa shape index (κ1) is 26.2. The van der Waals surface area contributed by atoms with E-state index in [2.05, 4.69) is 5.32 Å². The number of aliphatic carboxylic acids is 2. The third-order valence-corrected chi connectivity index (χ3v) is 4.39. The van der Waals surface area contributed by atoms with Crippen LogP contribution in [0.3, 0.4) is 0 Å². The van der Waals surface area contributed by atoms with Gasteiger partial charge in [0.1, 0.15) is 0 Å². The number of rotatable bonds is 9. The van der Waals surface area contributed by atoms with Gasteiger partial charge in [0.2, 0.25) is 5.91 Å². The van der Waals surface area contributed by atoms with Gasteiger partial charge in [-0.25, -0.2) is 9.59 Å². The van der Waals surface area contributed by atoms with Gasteiger partial charge in [-0.2, -0.15) is 0 Å². The molecule has 0 aliphatic rings. The number of carbonyl (C=O) groups excluding carboxylic acids is 1. The smallest absolute Gasteiger partial charge is 0.328 e. The minimum absolute atomic E-state index is 0.0579. The molecule has 0 fully saturated rings. The van der Waals surface area contributed by atoms with Crippen molar-refractivity contribution in [2.45, 2.75) is 18.9 Å². The van der Waals surface area contributed by atoms with Crippen LogP contribution >= 0.6 is 0 Å². The standard InChI is InChI=1S/C19H24N2O3.C4H4O4/c1-19(21-18(22)13-20,12-14-7-5-4-6-8-14)15-9-10-16(23-2)17(11-15)24-3;5-3(6)1-2-4(7)8/h4-11H,12-13,20H2,1-3H3,(H,21,22);1-2H,(H,5,6)(H,7,8)/b;2-1-. The number of carboxylic acids is 2. The largest absolute Gasteiger partial charge is 0.493 e. The Labute approximate surface area is 186 Å². The zero-order chi connectivity index (χ0) is 24.1. The normalized spacial score (nSPS) is 12.1. The highest BCUT2D eigenvalue weighted by Gasteiger charge is 2.29. The molecular weight excluding hydrogens is 416 g/mol. The average Bonchev–Trinajstić information content (AvgIpc) is 2.78. The molecule has 32 heavy (non-hydrogen) atoms. The van der Waals surface area contributed by atoms with Gasteiger partial charge in [-0.15, -0.1) is 0 Å². The van der Waals surface area contributed by atoms with Gasteiger partial charge in [-0.3, -0.25) is 4.79 Å². The molecule has 1 atom stereocenters. The number of carbonyl (C=O) groups is 3. The Morgan fingerprint density at radius 1 is 0.969 bits per heavy atom. The summed E-state index contributed by atoms with van der Waals surface area (Å²) in [4.78, 5) is 31.1. The van der Waals surface area contributed by atoms with Crippen molar-refractivity contribution in [1.29, 1.82) is 0 Å². The topological polar surface area (TPSA) is 148 Å². The fourth-order valence-corrected chi connectivity index (χ4v) is 2.90. The van der Waals surface area contributed by atoms with Crippen LogP contribution in [0.25, 0.3) is 0 Å². The van der Waals surface area contributed by atoms with Gasteiger partial charge in [0, 0.05) is 12.2 Å². The summed E-state index contributed by atoms with van der Waals surface area (Å²) in [5.41, 5.74) is 6.92. The Hall–Kier alpha value is -3.85. The molecule has 0 heterocycles. The highest BCUT2D eigenvalue weighted by atomic mass is 16.5. The molecule has 172 valence electrons. The molecule has 1 unspecified atom stereocenters. The molecule has 0 saturated heterocycles. The molecule has 0 radical (unpaired) electrons. The van der Waals surface area contributed by atoms with Gasteiger partial charge < -0.3 is 30.7 Å². The molecular formula is C23H28N2O7. The van der Waals surface area contributed by atoms with Gasteiger partial charge in [-0.1, -0.05) is 36.4 Å². The van der Waals surface area contributed by atoms with Crippen LogP contribution in [0.4, 0.5) is 0 Å². The van der Waals surface area contributed by atoms with E-state index in [0.29, 0.717) is 30.1 Å². The molecule has 2 aromatic rings. The zero-order valence-electron chi connectivity index (χ0n) is 18.2. The van der Waals surface area contributed by atoms with Gasteiger partial charge in [0.15, 0.2) is 11.5 Å². The number of hydrogen-bond donors (Lipinski definition) is 4. The molecule has 9 nitrogen and oxygen atoms in total. The maximum atomic E-state index is 12.0. The van der Waals surface area contributed by atoms with E-state index in [4.69, 9.17) is 25.4 Å². The van der Waals surface area contributed by atoms with Crippen molar-refractivity contribution in [3.05, 3.63) is 71.8 Å². The quantitative estimate of drug-likeness (QED) is 0.429. The summed E-state index contributed by atoms with van der Waals surface area (Å²) in [6.45, 7) is 1.92. The molecule has 2 aromatic carbocycles. The van der Waals surface area contributed by atoms with Crippen molar-refractivity contribution in [2.75, 3.05) is 20.8 Å². The van der Waals surface area contributed by atoms with E-state index in [1.54, 1.807) is 14.2 Å². The van der Waals surface area contributed by atoms with Crippen molar-refractivity contribution in [2.24, 2.45) is 5.73 Å². The molecule has 9 heteroatoms. The number of ether oxygens (including phenoxy) is 2. The van der Waals surface area contributed by atoms with Crippen LogP contribution in [-0.2, 0) is 26.3 Å². The number of nitrogens with two attached hydrogens (primary N) is 1. The molecule has 0 aliphatic heterocycles. The lowest BCUT2D eigenvalue weighted by molar-refractivity contribution is -0.134. The number of hydrogen-bond acceptors (Lipinski definition) is 6. The molecule has 0 spiro atoms. The minimum atomic E-state index is -1.26.